The van der Waals surface area contributed by atoms with Gasteiger partial charge in [0.2, 0.25) is 0 Å². The molecule has 0 bridgehead atoms. The fraction of sp³-hybridized carbons (Fsp3) is 0.320. The minimum atomic E-state index is -3.17. The number of nitriles is 1. The van der Waals surface area contributed by atoms with Crippen LogP contribution in [0.3, 0.4) is 0 Å². The second-order valence-corrected chi connectivity index (χ2v) is 11.5. The van der Waals surface area contributed by atoms with E-state index in [1.165, 1.54) is 6.26 Å². The zero-order chi connectivity index (χ0) is 25.0. The first-order chi connectivity index (χ1) is 16.7. The number of rotatable bonds is 9. The van der Waals surface area contributed by atoms with Gasteiger partial charge in [0, 0.05) is 37.1 Å². The van der Waals surface area contributed by atoms with E-state index in [9.17, 15) is 13.2 Å². The van der Waals surface area contributed by atoms with Crippen molar-refractivity contribution in [3.8, 4) is 6.07 Å². The van der Waals surface area contributed by atoms with Crippen LogP contribution >= 0.6 is 11.6 Å². The first-order valence-corrected chi connectivity index (χ1v) is 13.6. The summed E-state index contributed by atoms with van der Waals surface area (Å²) in [5.41, 5.74) is 3.36. The third kappa shape index (κ3) is 6.41. The summed E-state index contributed by atoms with van der Waals surface area (Å²) in [6.45, 7) is 1.69. The minimum absolute atomic E-state index is 0.0109. The number of hydrogen-bond acceptors (Lipinski definition) is 5. The summed E-state index contributed by atoms with van der Waals surface area (Å²) in [6.07, 6.45) is 5.01. The molecule has 0 N–H and O–H groups in total. The van der Waals surface area contributed by atoms with E-state index in [0.29, 0.717) is 43.2 Å². The van der Waals surface area contributed by atoms with Gasteiger partial charge in [0.15, 0.2) is 0 Å². The van der Waals surface area contributed by atoms with Gasteiger partial charge in [-0.05, 0) is 41.8 Å². The number of urea groups is 1. The van der Waals surface area contributed by atoms with Gasteiger partial charge in [-0.15, -0.1) is 0 Å². The molecule has 1 aliphatic heterocycles. The highest BCUT2D eigenvalue weighted by Gasteiger charge is 2.37. The van der Waals surface area contributed by atoms with Crippen molar-refractivity contribution in [3.05, 3.63) is 88.5 Å². The number of carbonyl (C=O) groups is 1. The molecule has 1 saturated heterocycles. The van der Waals surface area contributed by atoms with E-state index in [1.807, 2.05) is 34.9 Å². The van der Waals surface area contributed by atoms with Crippen molar-refractivity contribution in [1.82, 2.24) is 19.4 Å². The Hall–Kier alpha value is -3.35. The topological polar surface area (TPSA) is 99.3 Å². The molecular formula is C25H26ClN5O3S. The summed E-state index contributed by atoms with van der Waals surface area (Å²) in [5.74, 6) is 0.0109. The second-order valence-electron chi connectivity index (χ2n) is 8.81. The van der Waals surface area contributed by atoms with Gasteiger partial charge in [0.1, 0.15) is 9.84 Å². The molecule has 1 aliphatic rings. The van der Waals surface area contributed by atoms with Crippen molar-refractivity contribution >= 4 is 27.5 Å². The lowest BCUT2D eigenvalue weighted by Crippen LogP contribution is -2.36. The third-order valence-electron chi connectivity index (χ3n) is 6.04. The Morgan fingerprint density at radius 1 is 1.11 bits per heavy atom. The van der Waals surface area contributed by atoms with Gasteiger partial charge in [-0.1, -0.05) is 35.9 Å². The molecule has 182 valence electrons. The third-order valence-corrected chi connectivity index (χ3v) is 7.25. The van der Waals surface area contributed by atoms with Crippen LogP contribution in [-0.2, 0) is 29.5 Å². The predicted octanol–water partition coefficient (Wildman–Crippen LogP) is 3.70. The number of benzene rings is 2. The van der Waals surface area contributed by atoms with Crippen LogP contribution in [0.1, 0.15) is 28.8 Å². The average Bonchev–Trinajstić information content (AvgIpc) is 3.37. The number of halogens is 1. The molecule has 3 aromatic rings. The molecule has 10 heteroatoms. The molecule has 0 radical (unpaired) electrons. The fourth-order valence-corrected chi connectivity index (χ4v) is 5.14. The van der Waals surface area contributed by atoms with Crippen LogP contribution in [0.5, 0.6) is 0 Å². The van der Waals surface area contributed by atoms with Gasteiger partial charge in [-0.2, -0.15) is 5.26 Å². The van der Waals surface area contributed by atoms with Crippen molar-refractivity contribution in [2.75, 3.05) is 18.6 Å². The molecule has 1 fully saturated rings. The first-order valence-electron chi connectivity index (χ1n) is 11.2. The molecule has 0 spiro atoms. The number of sulfone groups is 1. The van der Waals surface area contributed by atoms with Crippen molar-refractivity contribution in [1.29, 1.82) is 5.26 Å². The average molecular weight is 512 g/mol. The summed E-state index contributed by atoms with van der Waals surface area (Å²) < 4.78 is 25.6. The fourth-order valence-electron chi connectivity index (χ4n) is 4.23. The zero-order valence-electron chi connectivity index (χ0n) is 19.3. The minimum Gasteiger partial charge on any atom is -0.329 e. The van der Waals surface area contributed by atoms with Crippen LogP contribution in [0.25, 0.3) is 0 Å². The summed E-state index contributed by atoms with van der Waals surface area (Å²) in [4.78, 5) is 21.2. The van der Waals surface area contributed by atoms with Gasteiger partial charge < -0.3 is 14.4 Å². The first kappa shape index (κ1) is 24.8. The molecule has 1 atom stereocenters. The summed E-state index contributed by atoms with van der Waals surface area (Å²) in [5, 5.41) is 9.61. The predicted molar refractivity (Wildman–Crippen MR) is 133 cm³/mol. The van der Waals surface area contributed by atoms with E-state index in [2.05, 4.69) is 11.1 Å². The summed E-state index contributed by atoms with van der Waals surface area (Å²) in [6, 6.07) is 16.4. The normalized spacial score (nSPS) is 16.0. The lowest BCUT2D eigenvalue weighted by atomic mass is 10.1. The molecule has 4 rings (SSSR count). The Kier molecular flexibility index (Phi) is 7.43. The lowest BCUT2D eigenvalue weighted by molar-refractivity contribution is 0.181. The maximum atomic E-state index is 13.4. The van der Waals surface area contributed by atoms with Crippen LogP contribution in [0.2, 0.25) is 5.02 Å². The van der Waals surface area contributed by atoms with Crippen molar-refractivity contribution < 1.29 is 13.2 Å². The van der Waals surface area contributed by atoms with Crippen LogP contribution in [0, 0.1) is 11.3 Å². The molecule has 0 aliphatic carbocycles. The zero-order valence-corrected chi connectivity index (χ0v) is 20.9. The van der Waals surface area contributed by atoms with Gasteiger partial charge in [0.25, 0.3) is 0 Å². The maximum Gasteiger partial charge on any atom is 0.321 e. The van der Waals surface area contributed by atoms with E-state index in [-0.39, 0.29) is 17.8 Å². The van der Waals surface area contributed by atoms with Gasteiger partial charge in [0.05, 0.1) is 42.0 Å². The molecule has 1 aromatic heterocycles. The van der Waals surface area contributed by atoms with Crippen LogP contribution in [0.4, 0.5) is 4.79 Å². The van der Waals surface area contributed by atoms with E-state index < -0.39 is 9.84 Å². The Balaban J connectivity index is 1.53. The van der Waals surface area contributed by atoms with E-state index >= 15 is 0 Å². The highest BCUT2D eigenvalue weighted by atomic mass is 35.5. The van der Waals surface area contributed by atoms with Gasteiger partial charge in [-0.3, -0.25) is 0 Å². The van der Waals surface area contributed by atoms with Gasteiger partial charge >= 0.3 is 6.03 Å². The highest BCUT2D eigenvalue weighted by Crippen LogP contribution is 2.25. The number of aromatic nitrogens is 2. The Bertz CT molecular complexity index is 1350. The molecule has 2 heterocycles. The van der Waals surface area contributed by atoms with Crippen LogP contribution in [-0.4, -0.2) is 58.4 Å². The van der Waals surface area contributed by atoms with E-state index in [0.717, 1.165) is 16.8 Å². The molecule has 2 amide bonds. The molecule has 35 heavy (non-hydrogen) atoms. The number of hydrogen-bond donors (Lipinski definition) is 0. The Labute approximate surface area is 210 Å². The Morgan fingerprint density at radius 3 is 2.57 bits per heavy atom. The number of imidazole rings is 1. The van der Waals surface area contributed by atoms with E-state index in [1.54, 1.807) is 40.5 Å². The van der Waals surface area contributed by atoms with E-state index in [4.69, 9.17) is 16.9 Å². The molecule has 8 nitrogen and oxygen atoms in total. The highest BCUT2D eigenvalue weighted by molar-refractivity contribution is 7.90. The van der Waals surface area contributed by atoms with Crippen LogP contribution in [0.15, 0.2) is 61.1 Å². The second kappa shape index (κ2) is 10.5. The maximum absolute atomic E-state index is 13.4. The standard InChI is InChI=1S/C25H26ClN5O3S/c1-35(33,34)10-9-23-16-29(15-21-3-2-4-22(26)11-21)25(32)31(23)17-24-13-28-18-30(24)14-20-7-5-19(12-27)6-8-20/h2-8,11,13,18,23H,9-10,14-17H2,1H3/t23-/m0/s1. The quantitative estimate of drug-likeness (QED) is 0.436. The molecule has 0 saturated carbocycles. The van der Waals surface area contributed by atoms with Crippen molar-refractivity contribution in [2.24, 2.45) is 0 Å². The molecule has 0 unspecified atom stereocenters. The van der Waals surface area contributed by atoms with Gasteiger partial charge in [-0.25, -0.2) is 18.2 Å². The largest absolute Gasteiger partial charge is 0.329 e. The molecular weight excluding hydrogens is 486 g/mol. The summed E-state index contributed by atoms with van der Waals surface area (Å²) >= 11 is 6.11. The SMILES string of the molecule is CS(=O)(=O)CC[C@H]1CN(Cc2cccc(Cl)c2)C(=O)N1Cc1cncn1Cc1ccc(C#N)cc1. The van der Waals surface area contributed by atoms with Crippen LogP contribution < -0.4 is 0 Å². The number of nitrogens with zero attached hydrogens (tertiary/aromatic N) is 5. The summed E-state index contributed by atoms with van der Waals surface area (Å²) in [7, 11) is -3.17. The number of carbonyl (C=O) groups excluding carboxylic acids is 1. The smallest absolute Gasteiger partial charge is 0.321 e. The van der Waals surface area contributed by atoms with Crippen molar-refractivity contribution in [3.63, 3.8) is 0 Å². The molecule has 2 aromatic carbocycles. The van der Waals surface area contributed by atoms with Crippen molar-refractivity contribution in [2.45, 2.75) is 32.1 Å². The monoisotopic (exact) mass is 511 g/mol. The Morgan fingerprint density at radius 2 is 1.89 bits per heavy atom. The lowest BCUT2D eigenvalue weighted by Gasteiger charge is -2.23. The number of amides is 2.